The van der Waals surface area contributed by atoms with Gasteiger partial charge in [-0.25, -0.2) is 0 Å². The molecule has 1 atom stereocenters. The van der Waals surface area contributed by atoms with Crippen LogP contribution in [0, 0.1) is 11.8 Å². The number of rotatable bonds is 6. The second kappa shape index (κ2) is 12.2. The molecular formula is C29H34Cl2F3N3O3. The van der Waals surface area contributed by atoms with Crippen LogP contribution in [0.25, 0.3) is 0 Å². The summed E-state index contributed by atoms with van der Waals surface area (Å²) in [5, 5.41) is 10.5. The van der Waals surface area contributed by atoms with Crippen LogP contribution >= 0.6 is 23.2 Å². The fraction of sp³-hybridized carbons (Fsp3) is 0.517. The Labute approximate surface area is 242 Å². The zero-order valence-corrected chi connectivity index (χ0v) is 24.1. The van der Waals surface area contributed by atoms with E-state index in [4.69, 9.17) is 23.2 Å². The zero-order chi connectivity index (χ0) is 29.2. The van der Waals surface area contributed by atoms with E-state index in [9.17, 15) is 27.9 Å². The minimum atomic E-state index is -5.24. The summed E-state index contributed by atoms with van der Waals surface area (Å²) in [5.41, 5.74) is -2.67. The van der Waals surface area contributed by atoms with Crippen molar-refractivity contribution >= 4 is 40.7 Å². The molecule has 218 valence electrons. The molecule has 6 nitrogen and oxygen atoms in total. The highest BCUT2D eigenvalue weighted by Crippen LogP contribution is 2.43. The molecule has 2 aliphatic heterocycles. The summed E-state index contributed by atoms with van der Waals surface area (Å²) in [6.07, 6.45) is -1.12. The molecule has 11 heteroatoms. The zero-order valence-electron chi connectivity index (χ0n) is 22.6. The Morgan fingerprint density at radius 1 is 0.900 bits per heavy atom. The molecule has 2 saturated heterocycles. The standard InChI is InChI=1S/C29H34Cl2F3N3O3/c1-35(2)26(38)21-3-5-25(6-4-21)36-11-7-19(8-12-36)15-20-9-13-37(14-10-20)27(39)28(40,29(32,33)34)22-16-23(30)18-24(31)17-22/h3-6,16-20,40H,7-15H2,1-2H3/t28-/m1/s1. The lowest BCUT2D eigenvalue weighted by Gasteiger charge is -2.40. The second-order valence-corrected chi connectivity index (χ2v) is 11.9. The van der Waals surface area contributed by atoms with E-state index >= 15 is 0 Å². The maximum Gasteiger partial charge on any atom is 0.430 e. The van der Waals surface area contributed by atoms with Crippen LogP contribution in [0.15, 0.2) is 42.5 Å². The van der Waals surface area contributed by atoms with Gasteiger partial charge in [-0.2, -0.15) is 13.2 Å². The number of anilines is 1. The number of halogens is 5. The van der Waals surface area contributed by atoms with Gasteiger partial charge in [0.2, 0.25) is 0 Å². The molecule has 1 N–H and O–H groups in total. The van der Waals surface area contributed by atoms with Crippen LogP contribution in [-0.2, 0) is 10.4 Å². The number of hydrogen-bond acceptors (Lipinski definition) is 4. The van der Waals surface area contributed by atoms with Crippen LogP contribution in [0.1, 0.15) is 48.0 Å². The van der Waals surface area contributed by atoms with Crippen molar-refractivity contribution in [3.8, 4) is 0 Å². The molecule has 0 bridgehead atoms. The Morgan fingerprint density at radius 2 is 1.40 bits per heavy atom. The number of carbonyl (C=O) groups is 2. The first-order valence-corrected chi connectivity index (χ1v) is 14.2. The second-order valence-electron chi connectivity index (χ2n) is 11.0. The molecule has 2 amide bonds. The number of carbonyl (C=O) groups excluding carboxylic acids is 2. The third-order valence-corrected chi connectivity index (χ3v) is 8.51. The number of alkyl halides is 3. The SMILES string of the molecule is CN(C)C(=O)c1ccc(N2CCC(CC3CCN(C(=O)[C@](O)(c4cc(Cl)cc(Cl)c4)C(F)(F)F)CC3)CC2)cc1. The molecule has 4 rings (SSSR count). The van der Waals surface area contributed by atoms with Gasteiger partial charge in [0, 0.05) is 67.1 Å². The highest BCUT2D eigenvalue weighted by molar-refractivity contribution is 6.34. The van der Waals surface area contributed by atoms with Crippen LogP contribution in [0.4, 0.5) is 18.9 Å². The predicted octanol–water partition coefficient (Wildman–Crippen LogP) is 5.99. The van der Waals surface area contributed by atoms with Crippen molar-refractivity contribution in [2.75, 3.05) is 45.2 Å². The molecule has 0 aliphatic carbocycles. The monoisotopic (exact) mass is 599 g/mol. The Morgan fingerprint density at radius 3 is 1.88 bits per heavy atom. The minimum Gasteiger partial charge on any atom is -0.372 e. The van der Waals surface area contributed by atoms with Crippen molar-refractivity contribution in [1.29, 1.82) is 0 Å². The van der Waals surface area contributed by atoms with Gasteiger partial charge in [0.1, 0.15) is 0 Å². The summed E-state index contributed by atoms with van der Waals surface area (Å²) in [6, 6.07) is 10.7. The number of aliphatic hydroxyl groups is 1. The molecule has 0 unspecified atom stereocenters. The fourth-order valence-electron chi connectivity index (χ4n) is 5.74. The van der Waals surface area contributed by atoms with Crippen LogP contribution in [0.3, 0.4) is 0 Å². The topological polar surface area (TPSA) is 64.1 Å². The van der Waals surface area contributed by atoms with Crippen LogP contribution in [0.2, 0.25) is 10.0 Å². The normalized spacial score (nSPS) is 18.9. The first-order chi connectivity index (χ1) is 18.8. The van der Waals surface area contributed by atoms with Crippen molar-refractivity contribution < 1.29 is 27.9 Å². The molecule has 2 aliphatic rings. The molecule has 0 saturated carbocycles. The van der Waals surface area contributed by atoms with Gasteiger partial charge in [-0.1, -0.05) is 23.2 Å². The van der Waals surface area contributed by atoms with Gasteiger partial charge in [0.05, 0.1) is 0 Å². The highest BCUT2D eigenvalue weighted by atomic mass is 35.5. The van der Waals surface area contributed by atoms with Crippen LogP contribution < -0.4 is 4.90 Å². The van der Waals surface area contributed by atoms with E-state index in [2.05, 4.69) is 4.90 Å². The molecular weight excluding hydrogens is 566 g/mol. The average molecular weight is 601 g/mol. The number of hydrogen-bond donors (Lipinski definition) is 1. The number of likely N-dealkylation sites (tertiary alicyclic amines) is 1. The van der Waals surface area contributed by atoms with E-state index in [1.54, 1.807) is 19.0 Å². The number of piperidine rings is 2. The largest absolute Gasteiger partial charge is 0.430 e. The quantitative estimate of drug-likeness (QED) is 0.443. The van der Waals surface area contributed by atoms with Gasteiger partial charge >= 0.3 is 6.18 Å². The van der Waals surface area contributed by atoms with Gasteiger partial charge in [0.15, 0.2) is 0 Å². The summed E-state index contributed by atoms with van der Waals surface area (Å²) >= 11 is 11.8. The van der Waals surface area contributed by atoms with Crippen LogP contribution in [0.5, 0.6) is 0 Å². The molecule has 0 aromatic heterocycles. The molecule has 0 spiro atoms. The summed E-state index contributed by atoms with van der Waals surface area (Å²) in [4.78, 5) is 30.2. The van der Waals surface area contributed by atoms with E-state index in [1.165, 1.54) is 6.07 Å². The van der Waals surface area contributed by atoms with Gasteiger partial charge in [-0.15, -0.1) is 0 Å². The first-order valence-electron chi connectivity index (χ1n) is 13.4. The third-order valence-electron chi connectivity index (χ3n) is 8.07. The van der Waals surface area contributed by atoms with E-state index < -0.39 is 23.2 Å². The lowest BCUT2D eigenvalue weighted by Crippen LogP contribution is -2.57. The minimum absolute atomic E-state index is 0.0325. The maximum atomic E-state index is 14.1. The highest BCUT2D eigenvalue weighted by Gasteiger charge is 2.62. The lowest BCUT2D eigenvalue weighted by atomic mass is 9.82. The fourth-order valence-corrected chi connectivity index (χ4v) is 6.27. The predicted molar refractivity (Wildman–Crippen MR) is 150 cm³/mol. The molecule has 2 aromatic rings. The van der Waals surface area contributed by atoms with Gasteiger partial charge < -0.3 is 19.8 Å². The first kappa shape index (κ1) is 30.5. The summed E-state index contributed by atoms with van der Waals surface area (Å²) < 4.78 is 42.2. The number of nitrogens with zero attached hydrogens (tertiary/aromatic N) is 3. The maximum absolute atomic E-state index is 14.1. The Bertz CT molecular complexity index is 1190. The summed E-state index contributed by atoms with van der Waals surface area (Å²) in [7, 11) is 3.45. The van der Waals surface area contributed by atoms with Crippen molar-refractivity contribution in [1.82, 2.24) is 9.80 Å². The lowest BCUT2D eigenvalue weighted by molar-refractivity contribution is -0.262. The van der Waals surface area contributed by atoms with Crippen molar-refractivity contribution in [3.63, 3.8) is 0 Å². The van der Waals surface area contributed by atoms with Gasteiger partial charge in [-0.3, -0.25) is 9.59 Å². The Kier molecular flexibility index (Phi) is 9.27. The van der Waals surface area contributed by atoms with E-state index in [0.717, 1.165) is 55.1 Å². The molecule has 2 aromatic carbocycles. The summed E-state index contributed by atoms with van der Waals surface area (Å²) in [6.45, 7) is 2.08. The smallest absolute Gasteiger partial charge is 0.372 e. The van der Waals surface area contributed by atoms with Crippen LogP contribution in [-0.4, -0.2) is 73.2 Å². The third kappa shape index (κ3) is 6.52. The van der Waals surface area contributed by atoms with Crippen molar-refractivity contribution in [2.45, 2.75) is 43.9 Å². The van der Waals surface area contributed by atoms with Crippen molar-refractivity contribution in [3.05, 3.63) is 63.6 Å². The van der Waals surface area contributed by atoms with Crippen molar-refractivity contribution in [2.24, 2.45) is 11.8 Å². The van der Waals surface area contributed by atoms with Gasteiger partial charge in [-0.05, 0) is 86.4 Å². The van der Waals surface area contributed by atoms with E-state index in [-0.39, 0.29) is 29.0 Å². The van der Waals surface area contributed by atoms with E-state index in [1.807, 2.05) is 24.3 Å². The summed E-state index contributed by atoms with van der Waals surface area (Å²) in [5.74, 6) is -0.631. The number of benzene rings is 2. The molecule has 2 heterocycles. The molecule has 2 fully saturated rings. The number of amides is 2. The van der Waals surface area contributed by atoms with E-state index in [0.29, 0.717) is 30.2 Å². The molecule has 0 radical (unpaired) electrons. The Balaban J connectivity index is 1.30. The molecule has 40 heavy (non-hydrogen) atoms. The Hall–Kier alpha value is -2.49. The average Bonchev–Trinajstić information content (AvgIpc) is 2.91. The van der Waals surface area contributed by atoms with Gasteiger partial charge in [0.25, 0.3) is 17.4 Å².